The fraction of sp³-hybridized carbons (Fsp3) is 0.370. The van der Waals surface area contributed by atoms with Crippen LogP contribution in [0.1, 0.15) is 23.7 Å². The van der Waals surface area contributed by atoms with E-state index >= 15 is 0 Å². The number of rotatable bonds is 10. The first-order valence-electron chi connectivity index (χ1n) is 11.7. The molecular formula is C27H33N3O5. The Morgan fingerprint density at radius 3 is 2.37 bits per heavy atom. The molecule has 1 aromatic heterocycles. The van der Waals surface area contributed by atoms with Crippen LogP contribution in [0.3, 0.4) is 0 Å². The van der Waals surface area contributed by atoms with Gasteiger partial charge in [0.05, 0.1) is 27.9 Å². The highest BCUT2D eigenvalue weighted by Crippen LogP contribution is 2.36. The minimum Gasteiger partial charge on any atom is -0.497 e. The van der Waals surface area contributed by atoms with Crippen molar-refractivity contribution in [1.82, 2.24) is 10.3 Å². The van der Waals surface area contributed by atoms with Gasteiger partial charge in [0.15, 0.2) is 11.5 Å². The molecule has 1 unspecified atom stereocenters. The van der Waals surface area contributed by atoms with E-state index in [1.165, 1.54) is 0 Å². The van der Waals surface area contributed by atoms with Gasteiger partial charge in [-0.2, -0.15) is 0 Å². The summed E-state index contributed by atoms with van der Waals surface area (Å²) >= 11 is 0. The van der Waals surface area contributed by atoms with Crippen LogP contribution in [0.5, 0.6) is 17.2 Å². The molecule has 1 aliphatic heterocycles. The molecule has 0 saturated carbocycles. The van der Waals surface area contributed by atoms with Crippen LogP contribution in [-0.2, 0) is 17.6 Å². The summed E-state index contributed by atoms with van der Waals surface area (Å²) in [6.45, 7) is 3.15. The second kappa shape index (κ2) is 10.4. The van der Waals surface area contributed by atoms with Gasteiger partial charge in [-0.05, 0) is 48.2 Å². The molecule has 8 heteroatoms. The van der Waals surface area contributed by atoms with Crippen molar-refractivity contribution in [3.63, 3.8) is 0 Å². The van der Waals surface area contributed by atoms with Gasteiger partial charge in [0.25, 0.3) is 5.56 Å². The van der Waals surface area contributed by atoms with Gasteiger partial charge in [-0.1, -0.05) is 13.0 Å². The van der Waals surface area contributed by atoms with Gasteiger partial charge in [-0.15, -0.1) is 0 Å². The van der Waals surface area contributed by atoms with Gasteiger partial charge in [0.2, 0.25) is 0 Å². The summed E-state index contributed by atoms with van der Waals surface area (Å²) < 4.78 is 21.7. The van der Waals surface area contributed by atoms with Crippen molar-refractivity contribution in [2.75, 3.05) is 46.9 Å². The van der Waals surface area contributed by atoms with Crippen molar-refractivity contribution in [3.8, 4) is 17.2 Å². The van der Waals surface area contributed by atoms with Gasteiger partial charge in [0.1, 0.15) is 11.4 Å². The standard InChI is InChI=1S/C27H33N3O5/c1-6-22-20-15-25(35-5)24(34-4)14-19(20)21(26(31)29-22)16-27(28-11-12-32-2)10-9-17-13-18(33-3)7-8-23(17)30-27/h7-10,13-15,28,30H,6,11-12,16H2,1-5H3,(H,29,31). The minimum absolute atomic E-state index is 0.120. The number of H-pyrrole nitrogens is 1. The average Bonchev–Trinajstić information content (AvgIpc) is 2.89. The number of pyridine rings is 1. The molecule has 2 heterocycles. The van der Waals surface area contributed by atoms with E-state index in [-0.39, 0.29) is 5.56 Å². The number of hydrogen-bond donors (Lipinski definition) is 3. The van der Waals surface area contributed by atoms with Crippen LogP contribution >= 0.6 is 0 Å². The predicted molar refractivity (Wildman–Crippen MR) is 139 cm³/mol. The topological polar surface area (TPSA) is 93.8 Å². The quantitative estimate of drug-likeness (QED) is 0.382. The monoisotopic (exact) mass is 479 g/mol. The lowest BCUT2D eigenvalue weighted by molar-refractivity contribution is 0.192. The third kappa shape index (κ3) is 4.85. The summed E-state index contributed by atoms with van der Waals surface area (Å²) in [7, 11) is 6.53. The average molecular weight is 480 g/mol. The normalized spacial score (nSPS) is 16.6. The Kier molecular flexibility index (Phi) is 7.33. The van der Waals surface area contributed by atoms with Gasteiger partial charge >= 0.3 is 0 Å². The Balaban J connectivity index is 1.84. The van der Waals surface area contributed by atoms with E-state index in [0.717, 1.165) is 33.5 Å². The third-order valence-electron chi connectivity index (χ3n) is 6.43. The molecule has 35 heavy (non-hydrogen) atoms. The zero-order valence-electron chi connectivity index (χ0n) is 20.9. The van der Waals surface area contributed by atoms with Crippen LogP contribution in [0.15, 0.2) is 41.2 Å². The van der Waals surface area contributed by atoms with Gasteiger partial charge in [-0.3, -0.25) is 10.1 Å². The molecule has 186 valence electrons. The van der Waals surface area contributed by atoms with Crippen LogP contribution in [0.4, 0.5) is 5.69 Å². The Labute approximate surface area is 205 Å². The van der Waals surface area contributed by atoms with Crippen molar-refractivity contribution >= 4 is 22.5 Å². The van der Waals surface area contributed by atoms with Crippen LogP contribution < -0.4 is 30.4 Å². The van der Waals surface area contributed by atoms with Crippen molar-refractivity contribution in [2.45, 2.75) is 25.4 Å². The summed E-state index contributed by atoms with van der Waals surface area (Å²) in [6, 6.07) is 9.71. The van der Waals surface area contributed by atoms with Crippen LogP contribution in [0, 0.1) is 0 Å². The number of anilines is 1. The summed E-state index contributed by atoms with van der Waals surface area (Å²) in [5.74, 6) is 1.99. The molecule has 3 aromatic rings. The number of aromatic amines is 1. The number of hydrogen-bond acceptors (Lipinski definition) is 7. The molecule has 0 fully saturated rings. The number of aryl methyl sites for hydroxylation is 1. The van der Waals surface area contributed by atoms with E-state index < -0.39 is 5.66 Å². The zero-order chi connectivity index (χ0) is 25.0. The number of ether oxygens (including phenoxy) is 4. The Hall–Kier alpha value is -3.49. The Bertz CT molecular complexity index is 1300. The van der Waals surface area contributed by atoms with Crippen LogP contribution in [0.25, 0.3) is 16.8 Å². The van der Waals surface area contributed by atoms with E-state index in [4.69, 9.17) is 18.9 Å². The zero-order valence-corrected chi connectivity index (χ0v) is 20.9. The number of nitrogens with one attached hydrogen (secondary N) is 3. The minimum atomic E-state index is -0.707. The molecule has 8 nitrogen and oxygen atoms in total. The van der Waals surface area contributed by atoms with Gasteiger partial charge in [-0.25, -0.2) is 0 Å². The van der Waals surface area contributed by atoms with E-state index in [9.17, 15) is 4.79 Å². The largest absolute Gasteiger partial charge is 0.497 e. The molecule has 0 bridgehead atoms. The maximum Gasteiger partial charge on any atom is 0.252 e. The van der Waals surface area contributed by atoms with Crippen molar-refractivity contribution in [1.29, 1.82) is 0 Å². The number of methoxy groups -OCH3 is 4. The molecule has 0 radical (unpaired) electrons. The molecule has 4 rings (SSSR count). The lowest BCUT2D eigenvalue weighted by Gasteiger charge is -2.37. The Morgan fingerprint density at radius 1 is 0.971 bits per heavy atom. The molecular weight excluding hydrogens is 446 g/mol. The van der Waals surface area contributed by atoms with Crippen molar-refractivity contribution in [2.24, 2.45) is 0 Å². The first kappa shape index (κ1) is 24.6. The molecule has 1 aliphatic rings. The van der Waals surface area contributed by atoms with E-state index in [1.54, 1.807) is 28.4 Å². The SMILES string of the molecule is CCc1[nH]c(=O)c(CC2(NCCOC)C=Cc3cc(OC)ccc3N2)c2cc(OC)c(OC)cc12. The highest BCUT2D eigenvalue weighted by Gasteiger charge is 2.32. The van der Waals surface area contributed by atoms with Crippen molar-refractivity contribution < 1.29 is 18.9 Å². The van der Waals surface area contributed by atoms with E-state index in [2.05, 4.69) is 27.8 Å². The fourth-order valence-corrected chi connectivity index (χ4v) is 4.59. The number of fused-ring (bicyclic) bond motifs is 2. The third-order valence-corrected chi connectivity index (χ3v) is 6.43. The molecule has 0 amide bonds. The highest BCUT2D eigenvalue weighted by atomic mass is 16.5. The highest BCUT2D eigenvalue weighted by molar-refractivity contribution is 5.91. The summed E-state index contributed by atoms with van der Waals surface area (Å²) in [6.07, 6.45) is 5.19. The number of benzene rings is 2. The maximum atomic E-state index is 13.4. The lowest BCUT2D eigenvalue weighted by Crippen LogP contribution is -2.54. The van der Waals surface area contributed by atoms with Gasteiger partial charge in [0, 0.05) is 48.0 Å². The van der Waals surface area contributed by atoms with E-state index in [1.807, 2.05) is 37.3 Å². The molecule has 1 atom stereocenters. The molecule has 0 spiro atoms. The second-order valence-corrected chi connectivity index (χ2v) is 8.50. The summed E-state index contributed by atoms with van der Waals surface area (Å²) in [5, 5.41) is 8.97. The predicted octanol–water partition coefficient (Wildman–Crippen LogP) is 3.73. The second-order valence-electron chi connectivity index (χ2n) is 8.50. The molecule has 0 aliphatic carbocycles. The molecule has 3 N–H and O–H groups in total. The van der Waals surface area contributed by atoms with Gasteiger partial charge < -0.3 is 29.2 Å². The first-order valence-corrected chi connectivity index (χ1v) is 11.7. The molecule has 2 aromatic carbocycles. The lowest BCUT2D eigenvalue weighted by atomic mass is 9.91. The fourth-order valence-electron chi connectivity index (χ4n) is 4.59. The molecule has 0 saturated heterocycles. The first-order chi connectivity index (χ1) is 17.0. The maximum absolute atomic E-state index is 13.4. The smallest absolute Gasteiger partial charge is 0.252 e. The van der Waals surface area contributed by atoms with Crippen LogP contribution in [-0.4, -0.2) is 52.2 Å². The van der Waals surface area contributed by atoms with Crippen LogP contribution in [0.2, 0.25) is 0 Å². The number of aromatic nitrogens is 1. The van der Waals surface area contributed by atoms with Crippen molar-refractivity contribution in [3.05, 3.63) is 63.6 Å². The summed E-state index contributed by atoms with van der Waals surface area (Å²) in [5.41, 5.74) is 2.65. The van der Waals surface area contributed by atoms with E-state index in [0.29, 0.717) is 43.1 Å². The summed E-state index contributed by atoms with van der Waals surface area (Å²) in [4.78, 5) is 16.5. The Morgan fingerprint density at radius 2 is 1.71 bits per heavy atom.